The number of nitrogens with zero attached hydrogens (tertiary/aromatic N) is 3. The van der Waals surface area contributed by atoms with Gasteiger partial charge in [-0.3, -0.25) is 10.2 Å². The summed E-state index contributed by atoms with van der Waals surface area (Å²) >= 11 is 0. The molecule has 190 valence electrons. The second-order valence-corrected chi connectivity index (χ2v) is 9.83. The Hall–Kier alpha value is -3.52. The number of ether oxygens (including phenoxy) is 1. The maximum absolute atomic E-state index is 12.5. The van der Waals surface area contributed by atoms with Crippen LogP contribution in [0.15, 0.2) is 60.0 Å². The average Bonchev–Trinajstić information content (AvgIpc) is 3.51. The molecule has 2 aromatic rings. The van der Waals surface area contributed by atoms with Gasteiger partial charge in [0, 0.05) is 31.8 Å². The molecule has 3 aliphatic rings. The zero-order valence-electron chi connectivity index (χ0n) is 21.3. The molecule has 0 radical (unpaired) electrons. The van der Waals surface area contributed by atoms with Gasteiger partial charge in [-0.05, 0) is 55.5 Å². The number of hydrogen-bond acceptors (Lipinski definition) is 7. The summed E-state index contributed by atoms with van der Waals surface area (Å²) in [5, 5.41) is 9.80. The number of hydrazine groups is 1. The van der Waals surface area contributed by atoms with Crippen LogP contribution in [0.4, 0.5) is 0 Å². The van der Waals surface area contributed by atoms with Crippen molar-refractivity contribution in [1.29, 1.82) is 0 Å². The van der Waals surface area contributed by atoms with Crippen molar-refractivity contribution in [3.63, 3.8) is 0 Å². The highest BCUT2D eigenvalue weighted by Crippen LogP contribution is 2.35. The minimum absolute atomic E-state index is 0.0209. The first-order valence-electron chi connectivity index (χ1n) is 12.9. The number of nitrogens with one attached hydrogen (secondary N) is 3. The number of carbonyl (C=O) groups excluding carboxylic acids is 1. The van der Waals surface area contributed by atoms with Crippen LogP contribution in [0.5, 0.6) is 5.75 Å². The first kappa shape index (κ1) is 24.2. The number of fused-ring (bicyclic) bond motifs is 3. The molecule has 3 aliphatic heterocycles. The van der Waals surface area contributed by atoms with Gasteiger partial charge in [0.1, 0.15) is 17.8 Å². The van der Waals surface area contributed by atoms with E-state index in [1.807, 2.05) is 24.3 Å². The van der Waals surface area contributed by atoms with E-state index in [-0.39, 0.29) is 24.2 Å². The van der Waals surface area contributed by atoms with Gasteiger partial charge in [-0.2, -0.15) is 5.10 Å². The van der Waals surface area contributed by atoms with Crippen LogP contribution in [0.25, 0.3) is 0 Å². The molecule has 3 unspecified atom stereocenters. The van der Waals surface area contributed by atoms with E-state index >= 15 is 0 Å². The number of hydrazone groups is 1. The lowest BCUT2D eigenvalue weighted by Crippen LogP contribution is -2.54. The predicted octanol–water partition coefficient (Wildman–Crippen LogP) is 3.84. The number of carbonyl (C=O) groups is 1. The quantitative estimate of drug-likeness (QED) is 0.498. The Labute approximate surface area is 213 Å². The second kappa shape index (κ2) is 10.6. The van der Waals surface area contributed by atoms with E-state index in [1.165, 1.54) is 16.7 Å². The summed E-state index contributed by atoms with van der Waals surface area (Å²) in [6.45, 7) is 7.62. The Kier molecular flexibility index (Phi) is 7.13. The molecule has 0 bridgehead atoms. The molecule has 1 amide bonds. The normalized spacial score (nSPS) is 22.1. The van der Waals surface area contributed by atoms with Crippen molar-refractivity contribution in [2.45, 2.75) is 71.2 Å². The first-order valence-corrected chi connectivity index (χ1v) is 12.9. The van der Waals surface area contributed by atoms with Crippen molar-refractivity contribution in [2.75, 3.05) is 6.61 Å². The van der Waals surface area contributed by atoms with Crippen LogP contribution < -0.4 is 20.9 Å². The fourth-order valence-electron chi connectivity index (χ4n) is 5.09. The molecule has 0 aliphatic carbocycles. The van der Waals surface area contributed by atoms with Crippen molar-refractivity contribution < 1.29 is 9.53 Å². The molecule has 2 aromatic carbocycles. The largest absolute Gasteiger partial charge is 0.494 e. The molecular formula is C28H36N6O2. The van der Waals surface area contributed by atoms with E-state index in [2.05, 4.69) is 82.5 Å². The van der Waals surface area contributed by atoms with Gasteiger partial charge in [-0.25, -0.2) is 5.43 Å². The summed E-state index contributed by atoms with van der Waals surface area (Å²) in [5.74, 6) is 1.78. The maximum Gasteiger partial charge on any atom is 0.220 e. The van der Waals surface area contributed by atoms with Crippen LogP contribution in [0, 0.1) is 13.8 Å². The Balaban J connectivity index is 1.11. The number of benzene rings is 2. The van der Waals surface area contributed by atoms with Crippen molar-refractivity contribution in [3.05, 3.63) is 77.1 Å². The fraction of sp³-hybridized carbons (Fsp3) is 0.429. The summed E-state index contributed by atoms with van der Waals surface area (Å²) in [6, 6.07) is 15.0. The lowest BCUT2D eigenvalue weighted by Gasteiger charge is -2.37. The van der Waals surface area contributed by atoms with E-state index in [4.69, 9.17) is 4.74 Å². The van der Waals surface area contributed by atoms with Gasteiger partial charge in [0.25, 0.3) is 0 Å². The molecule has 8 heteroatoms. The Morgan fingerprint density at radius 3 is 2.81 bits per heavy atom. The molecule has 0 spiro atoms. The fourth-order valence-corrected chi connectivity index (χ4v) is 5.09. The van der Waals surface area contributed by atoms with Gasteiger partial charge in [-0.15, -0.1) is 0 Å². The third kappa shape index (κ3) is 5.18. The van der Waals surface area contributed by atoms with Crippen molar-refractivity contribution >= 4 is 11.7 Å². The Bertz CT molecular complexity index is 1150. The smallest absolute Gasteiger partial charge is 0.220 e. The van der Waals surface area contributed by atoms with Gasteiger partial charge >= 0.3 is 0 Å². The van der Waals surface area contributed by atoms with Crippen LogP contribution in [0.2, 0.25) is 0 Å². The molecule has 1 saturated heterocycles. The topological polar surface area (TPSA) is 81.2 Å². The van der Waals surface area contributed by atoms with Crippen molar-refractivity contribution in [2.24, 2.45) is 5.10 Å². The minimum Gasteiger partial charge on any atom is -0.494 e. The van der Waals surface area contributed by atoms with Crippen molar-refractivity contribution in [1.82, 2.24) is 26.1 Å². The molecule has 3 N–H and O–H groups in total. The molecule has 3 heterocycles. The van der Waals surface area contributed by atoms with Gasteiger partial charge in [0.2, 0.25) is 5.91 Å². The highest BCUT2D eigenvalue weighted by Gasteiger charge is 2.44. The summed E-state index contributed by atoms with van der Waals surface area (Å²) in [4.78, 5) is 14.7. The van der Waals surface area contributed by atoms with Crippen LogP contribution in [-0.2, 0) is 11.3 Å². The summed E-state index contributed by atoms with van der Waals surface area (Å²) in [6.07, 6.45) is 7.15. The van der Waals surface area contributed by atoms with E-state index in [0.717, 1.165) is 30.0 Å². The summed E-state index contributed by atoms with van der Waals surface area (Å²) < 4.78 is 5.62. The van der Waals surface area contributed by atoms with Gasteiger partial charge < -0.3 is 20.0 Å². The van der Waals surface area contributed by atoms with E-state index in [1.54, 1.807) is 0 Å². The Morgan fingerprint density at radius 2 is 2.00 bits per heavy atom. The van der Waals surface area contributed by atoms with E-state index < -0.39 is 0 Å². The zero-order chi connectivity index (χ0) is 25.1. The third-order valence-electron chi connectivity index (χ3n) is 7.09. The highest BCUT2D eigenvalue weighted by atomic mass is 16.5. The van der Waals surface area contributed by atoms with Crippen molar-refractivity contribution in [3.8, 4) is 5.75 Å². The van der Waals surface area contributed by atoms with E-state index in [0.29, 0.717) is 26.0 Å². The lowest BCUT2D eigenvalue weighted by molar-refractivity contribution is -0.121. The SMILES string of the molecule is CCCOc1ccc(CNC(=O)CCC2=NNC3C4CC(c5cc(C)ccc5C)NN4C=CN23)cc1. The van der Waals surface area contributed by atoms with Crippen LogP contribution in [0.3, 0.4) is 0 Å². The molecule has 36 heavy (non-hydrogen) atoms. The third-order valence-corrected chi connectivity index (χ3v) is 7.09. The van der Waals surface area contributed by atoms with Crippen LogP contribution >= 0.6 is 0 Å². The van der Waals surface area contributed by atoms with Crippen LogP contribution in [-0.4, -0.2) is 40.5 Å². The second-order valence-electron chi connectivity index (χ2n) is 9.83. The van der Waals surface area contributed by atoms with Crippen LogP contribution in [0.1, 0.15) is 60.9 Å². The number of amides is 1. The number of amidine groups is 1. The summed E-state index contributed by atoms with van der Waals surface area (Å²) in [5.41, 5.74) is 12.0. The molecule has 0 saturated carbocycles. The number of rotatable bonds is 9. The molecule has 1 fully saturated rings. The van der Waals surface area contributed by atoms with Gasteiger partial charge in [0.15, 0.2) is 0 Å². The minimum atomic E-state index is 0.0209. The number of aryl methyl sites for hydroxylation is 2. The Morgan fingerprint density at radius 1 is 1.17 bits per heavy atom. The first-order chi connectivity index (χ1) is 17.5. The molecule has 5 rings (SSSR count). The lowest BCUT2D eigenvalue weighted by atomic mass is 9.95. The number of hydrogen-bond donors (Lipinski definition) is 3. The molecule has 3 atom stereocenters. The monoisotopic (exact) mass is 488 g/mol. The highest BCUT2D eigenvalue weighted by molar-refractivity contribution is 5.89. The van der Waals surface area contributed by atoms with E-state index in [9.17, 15) is 4.79 Å². The van der Waals surface area contributed by atoms with Gasteiger partial charge in [0.05, 0.1) is 18.7 Å². The summed E-state index contributed by atoms with van der Waals surface area (Å²) in [7, 11) is 0. The molecule has 8 nitrogen and oxygen atoms in total. The standard InChI is InChI=1S/C28H36N6O2/c1-4-15-36-22-9-7-21(8-10-22)18-29-27(35)12-11-26-30-31-28-25-17-24(32-34(25)14-13-33(26)28)23-16-19(2)5-6-20(23)3/h5-10,13-14,16,24-25,28,31-32H,4,11-12,15,17-18H2,1-3H3,(H,29,35). The predicted molar refractivity (Wildman–Crippen MR) is 141 cm³/mol. The van der Waals surface area contributed by atoms with Gasteiger partial charge in [-0.1, -0.05) is 42.8 Å². The average molecular weight is 489 g/mol. The maximum atomic E-state index is 12.5. The molecular weight excluding hydrogens is 452 g/mol. The zero-order valence-corrected chi connectivity index (χ0v) is 21.3. The molecule has 0 aromatic heterocycles.